The Hall–Kier alpha value is -1.48. The molecule has 0 aliphatic rings. The molecular formula is C14H16N2S. The second-order valence-electron chi connectivity index (χ2n) is 4.29. The highest BCUT2D eigenvalue weighted by Crippen LogP contribution is 2.24. The van der Waals surface area contributed by atoms with Crippen LogP contribution in [-0.4, -0.2) is 9.97 Å². The molecule has 1 N–H and O–H groups in total. The highest BCUT2D eigenvalue weighted by atomic mass is 32.1. The molecule has 0 saturated carbocycles. The number of nitrogens with one attached hydrogen (secondary N) is 1. The fraction of sp³-hybridized carbons (Fsp3) is 0.286. The van der Waals surface area contributed by atoms with Crippen molar-refractivity contribution in [2.45, 2.75) is 27.2 Å². The van der Waals surface area contributed by atoms with E-state index in [2.05, 4.69) is 48.9 Å². The topological polar surface area (TPSA) is 28.7 Å². The number of benzene rings is 1. The molecule has 0 bridgehead atoms. The number of rotatable bonds is 2. The van der Waals surface area contributed by atoms with Gasteiger partial charge in [0.2, 0.25) is 0 Å². The summed E-state index contributed by atoms with van der Waals surface area (Å²) in [7, 11) is 0. The molecule has 0 fully saturated rings. The normalized spacial score (nSPS) is 10.5. The molecule has 0 unspecified atom stereocenters. The minimum atomic E-state index is 0.695. The van der Waals surface area contributed by atoms with Crippen molar-refractivity contribution in [1.29, 1.82) is 0 Å². The molecule has 0 aliphatic carbocycles. The van der Waals surface area contributed by atoms with E-state index >= 15 is 0 Å². The second-order valence-corrected chi connectivity index (χ2v) is 4.68. The van der Waals surface area contributed by atoms with E-state index in [1.165, 1.54) is 16.7 Å². The van der Waals surface area contributed by atoms with E-state index in [-0.39, 0.29) is 0 Å². The van der Waals surface area contributed by atoms with E-state index in [4.69, 9.17) is 12.2 Å². The van der Waals surface area contributed by atoms with Gasteiger partial charge in [0.15, 0.2) is 0 Å². The van der Waals surface area contributed by atoms with Crippen molar-refractivity contribution in [3.05, 3.63) is 45.9 Å². The van der Waals surface area contributed by atoms with Crippen LogP contribution in [0, 0.1) is 18.5 Å². The summed E-state index contributed by atoms with van der Waals surface area (Å²) in [5.74, 6) is 0. The molecule has 88 valence electrons. The predicted molar refractivity (Wildman–Crippen MR) is 73.7 cm³/mol. The van der Waals surface area contributed by atoms with Crippen LogP contribution in [-0.2, 0) is 6.42 Å². The molecule has 2 aromatic rings. The van der Waals surface area contributed by atoms with Crippen LogP contribution < -0.4 is 0 Å². The lowest BCUT2D eigenvalue weighted by Crippen LogP contribution is -1.96. The van der Waals surface area contributed by atoms with Gasteiger partial charge in [0, 0.05) is 5.56 Å². The molecule has 17 heavy (non-hydrogen) atoms. The maximum Gasteiger partial charge on any atom is 0.133 e. The Morgan fingerprint density at radius 3 is 2.41 bits per heavy atom. The zero-order chi connectivity index (χ0) is 12.4. The molecule has 3 heteroatoms. The molecule has 0 aliphatic heterocycles. The SMILES string of the molecule is CCc1c(-c2cc(C)cc(C)c2)[nH]cnc1=S. The first-order valence-electron chi connectivity index (χ1n) is 5.77. The molecule has 0 spiro atoms. The minimum Gasteiger partial charge on any atom is -0.346 e. The Kier molecular flexibility index (Phi) is 3.38. The van der Waals surface area contributed by atoms with E-state index in [0.717, 1.165) is 17.7 Å². The fourth-order valence-electron chi connectivity index (χ4n) is 2.13. The van der Waals surface area contributed by atoms with E-state index < -0.39 is 0 Å². The number of aryl methyl sites for hydroxylation is 2. The lowest BCUT2D eigenvalue weighted by Gasteiger charge is -2.09. The Labute approximate surface area is 107 Å². The highest BCUT2D eigenvalue weighted by Gasteiger charge is 2.07. The molecule has 0 saturated heterocycles. The summed E-state index contributed by atoms with van der Waals surface area (Å²) in [5.41, 5.74) is 5.93. The van der Waals surface area contributed by atoms with Crippen LogP contribution in [0.2, 0.25) is 0 Å². The summed E-state index contributed by atoms with van der Waals surface area (Å²) in [6.45, 7) is 6.32. The van der Waals surface area contributed by atoms with Crippen LogP contribution >= 0.6 is 12.2 Å². The first kappa shape index (κ1) is 12.0. The van der Waals surface area contributed by atoms with Crippen molar-refractivity contribution in [2.75, 3.05) is 0 Å². The van der Waals surface area contributed by atoms with Crippen molar-refractivity contribution in [1.82, 2.24) is 9.97 Å². The Bertz CT molecular complexity index is 579. The summed E-state index contributed by atoms with van der Waals surface area (Å²) in [5, 5.41) is 0. The summed E-state index contributed by atoms with van der Waals surface area (Å²) < 4.78 is 0.695. The fourth-order valence-corrected chi connectivity index (χ4v) is 2.43. The molecule has 1 heterocycles. The Balaban J connectivity index is 2.68. The first-order valence-corrected chi connectivity index (χ1v) is 6.18. The molecule has 1 aromatic heterocycles. The van der Waals surface area contributed by atoms with E-state index in [0.29, 0.717) is 4.64 Å². The van der Waals surface area contributed by atoms with Crippen LogP contribution in [0.25, 0.3) is 11.3 Å². The number of hydrogen-bond acceptors (Lipinski definition) is 2. The Morgan fingerprint density at radius 1 is 1.18 bits per heavy atom. The third-order valence-electron chi connectivity index (χ3n) is 2.81. The van der Waals surface area contributed by atoms with Crippen LogP contribution in [0.1, 0.15) is 23.6 Å². The summed E-state index contributed by atoms with van der Waals surface area (Å²) >= 11 is 5.27. The van der Waals surface area contributed by atoms with Gasteiger partial charge < -0.3 is 4.98 Å². The molecule has 2 rings (SSSR count). The largest absolute Gasteiger partial charge is 0.346 e. The first-order chi connectivity index (χ1) is 8.11. The van der Waals surface area contributed by atoms with Crippen molar-refractivity contribution in [3.63, 3.8) is 0 Å². The van der Waals surface area contributed by atoms with E-state index in [1.807, 2.05) is 0 Å². The van der Waals surface area contributed by atoms with Crippen molar-refractivity contribution in [2.24, 2.45) is 0 Å². The van der Waals surface area contributed by atoms with E-state index in [9.17, 15) is 0 Å². The van der Waals surface area contributed by atoms with Crippen LogP contribution in [0.3, 0.4) is 0 Å². The zero-order valence-corrected chi connectivity index (χ0v) is 11.2. The third kappa shape index (κ3) is 2.44. The molecule has 0 amide bonds. The molecule has 0 atom stereocenters. The second kappa shape index (κ2) is 4.80. The van der Waals surface area contributed by atoms with Gasteiger partial charge in [-0.1, -0.05) is 36.3 Å². The molecule has 1 aromatic carbocycles. The van der Waals surface area contributed by atoms with Gasteiger partial charge in [-0.05, 0) is 38.0 Å². The summed E-state index contributed by atoms with van der Waals surface area (Å²) in [6, 6.07) is 6.52. The lowest BCUT2D eigenvalue weighted by molar-refractivity contribution is 1.04. The highest BCUT2D eigenvalue weighted by molar-refractivity contribution is 7.71. The average molecular weight is 244 g/mol. The number of hydrogen-bond donors (Lipinski definition) is 1. The van der Waals surface area contributed by atoms with Gasteiger partial charge in [-0.2, -0.15) is 0 Å². The van der Waals surface area contributed by atoms with E-state index in [1.54, 1.807) is 6.33 Å². The van der Waals surface area contributed by atoms with Crippen molar-refractivity contribution >= 4 is 12.2 Å². The average Bonchev–Trinajstić information content (AvgIpc) is 2.27. The standard InChI is InChI=1S/C14H16N2S/c1-4-12-13(15-8-16-14(12)17)11-6-9(2)5-10(3)7-11/h5-8H,4H2,1-3H3,(H,15,16,17). The molecule has 0 radical (unpaired) electrons. The van der Waals surface area contributed by atoms with Crippen LogP contribution in [0.15, 0.2) is 24.5 Å². The maximum absolute atomic E-state index is 5.27. The van der Waals surface area contributed by atoms with Gasteiger partial charge in [0.25, 0.3) is 0 Å². The summed E-state index contributed by atoms with van der Waals surface area (Å²) in [6.07, 6.45) is 2.57. The van der Waals surface area contributed by atoms with Crippen molar-refractivity contribution in [3.8, 4) is 11.3 Å². The lowest BCUT2D eigenvalue weighted by atomic mass is 10.0. The van der Waals surface area contributed by atoms with Gasteiger partial charge in [-0.25, -0.2) is 4.98 Å². The molecule has 2 nitrogen and oxygen atoms in total. The van der Waals surface area contributed by atoms with Crippen molar-refractivity contribution < 1.29 is 0 Å². The monoisotopic (exact) mass is 244 g/mol. The smallest absolute Gasteiger partial charge is 0.133 e. The van der Waals surface area contributed by atoms with Gasteiger partial charge >= 0.3 is 0 Å². The maximum atomic E-state index is 5.27. The molecular weight excluding hydrogens is 228 g/mol. The van der Waals surface area contributed by atoms with Crippen LogP contribution in [0.4, 0.5) is 0 Å². The minimum absolute atomic E-state index is 0.695. The summed E-state index contributed by atoms with van der Waals surface area (Å²) in [4.78, 5) is 7.36. The third-order valence-corrected chi connectivity index (χ3v) is 3.17. The quantitative estimate of drug-likeness (QED) is 0.809. The number of nitrogens with zero attached hydrogens (tertiary/aromatic N) is 1. The zero-order valence-electron chi connectivity index (χ0n) is 10.4. The van der Waals surface area contributed by atoms with Gasteiger partial charge in [-0.3, -0.25) is 0 Å². The van der Waals surface area contributed by atoms with Crippen LogP contribution in [0.5, 0.6) is 0 Å². The Morgan fingerprint density at radius 2 is 1.82 bits per heavy atom. The van der Waals surface area contributed by atoms with Gasteiger partial charge in [0.05, 0.1) is 12.0 Å². The predicted octanol–water partition coefficient (Wildman–Crippen LogP) is 3.99. The number of H-pyrrole nitrogens is 1. The van der Waals surface area contributed by atoms with Gasteiger partial charge in [-0.15, -0.1) is 0 Å². The van der Waals surface area contributed by atoms with Gasteiger partial charge in [0.1, 0.15) is 4.64 Å². The number of aromatic nitrogens is 2. The number of aromatic amines is 1.